The molecule has 0 radical (unpaired) electrons. The first kappa shape index (κ1) is 12.6. The first-order valence-electron chi connectivity index (χ1n) is 5.76. The Labute approximate surface area is 97.7 Å². The number of benzene rings is 1. The molecule has 1 N–H and O–H groups in total. The molecule has 0 aliphatic carbocycles. The van der Waals surface area contributed by atoms with E-state index in [4.69, 9.17) is 0 Å². The second kappa shape index (κ2) is 8.81. The van der Waals surface area contributed by atoms with Crippen LogP contribution < -0.4 is 5.32 Å². The van der Waals surface area contributed by atoms with Gasteiger partial charge < -0.3 is 5.32 Å². The van der Waals surface area contributed by atoms with Crippen molar-refractivity contribution in [2.75, 3.05) is 18.8 Å². The summed E-state index contributed by atoms with van der Waals surface area (Å²) in [5.41, 5.74) is 1.43. The predicted octanol–water partition coefficient (Wildman–Crippen LogP) is 3.31. The third-order valence-corrected chi connectivity index (χ3v) is 3.30. The van der Waals surface area contributed by atoms with Gasteiger partial charge in [-0.1, -0.05) is 37.3 Å². The van der Waals surface area contributed by atoms with E-state index in [1.54, 1.807) is 0 Å². The summed E-state index contributed by atoms with van der Waals surface area (Å²) >= 11 is 2.02. The number of thioether (sulfide) groups is 1. The van der Waals surface area contributed by atoms with Gasteiger partial charge in [-0.15, -0.1) is 0 Å². The molecule has 0 fully saturated rings. The third-order valence-electron chi connectivity index (χ3n) is 2.18. The Kier molecular flexibility index (Phi) is 7.40. The molecule has 1 aromatic rings. The lowest BCUT2D eigenvalue weighted by Gasteiger charge is -2.03. The van der Waals surface area contributed by atoms with Gasteiger partial charge in [-0.2, -0.15) is 11.8 Å². The molecule has 1 nitrogen and oxygen atoms in total. The Bertz CT molecular complexity index is 236. The molecule has 0 saturated heterocycles. The lowest BCUT2D eigenvalue weighted by atomic mass is 10.2. The van der Waals surface area contributed by atoms with Crippen molar-refractivity contribution in [1.29, 1.82) is 0 Å². The van der Waals surface area contributed by atoms with Crippen molar-refractivity contribution in [1.82, 2.24) is 5.32 Å². The van der Waals surface area contributed by atoms with E-state index in [0.29, 0.717) is 0 Å². The van der Waals surface area contributed by atoms with E-state index in [-0.39, 0.29) is 0 Å². The lowest BCUT2D eigenvalue weighted by molar-refractivity contribution is 0.664. The normalized spacial score (nSPS) is 10.5. The van der Waals surface area contributed by atoms with Crippen LogP contribution in [0.4, 0.5) is 0 Å². The molecule has 15 heavy (non-hydrogen) atoms. The van der Waals surface area contributed by atoms with Crippen molar-refractivity contribution in [3.05, 3.63) is 35.9 Å². The van der Waals surface area contributed by atoms with Crippen LogP contribution in [0.1, 0.15) is 25.3 Å². The SMILES string of the molecule is CCCNCCCSCc1ccccc1. The van der Waals surface area contributed by atoms with Crippen LogP contribution in [0, 0.1) is 0 Å². The standard InChI is InChI=1S/C13H21NS/c1-2-9-14-10-6-11-15-12-13-7-4-3-5-8-13/h3-5,7-8,14H,2,6,9-12H2,1H3. The molecule has 0 unspecified atom stereocenters. The summed E-state index contributed by atoms with van der Waals surface area (Å²) < 4.78 is 0. The van der Waals surface area contributed by atoms with Gasteiger partial charge in [-0.25, -0.2) is 0 Å². The monoisotopic (exact) mass is 223 g/mol. The van der Waals surface area contributed by atoms with Gasteiger partial charge in [0, 0.05) is 5.75 Å². The minimum Gasteiger partial charge on any atom is -0.317 e. The zero-order chi connectivity index (χ0) is 10.8. The zero-order valence-corrected chi connectivity index (χ0v) is 10.4. The van der Waals surface area contributed by atoms with Gasteiger partial charge in [0.1, 0.15) is 0 Å². The molecular formula is C13H21NS. The molecule has 0 bridgehead atoms. The molecule has 0 aliphatic rings. The minimum atomic E-state index is 1.15. The summed E-state index contributed by atoms with van der Waals surface area (Å²) in [5.74, 6) is 2.40. The van der Waals surface area contributed by atoms with Crippen molar-refractivity contribution < 1.29 is 0 Å². The van der Waals surface area contributed by atoms with E-state index < -0.39 is 0 Å². The predicted molar refractivity (Wildman–Crippen MR) is 70.4 cm³/mol. The fourth-order valence-corrected chi connectivity index (χ4v) is 2.29. The van der Waals surface area contributed by atoms with Crippen molar-refractivity contribution in [2.24, 2.45) is 0 Å². The van der Waals surface area contributed by atoms with Crippen LogP contribution in [0.2, 0.25) is 0 Å². The quantitative estimate of drug-likeness (QED) is 0.679. The van der Waals surface area contributed by atoms with Gasteiger partial charge in [0.2, 0.25) is 0 Å². The maximum absolute atomic E-state index is 3.42. The maximum Gasteiger partial charge on any atom is 0.0184 e. The fourth-order valence-electron chi connectivity index (χ4n) is 1.37. The highest BCUT2D eigenvalue weighted by Gasteiger charge is 1.92. The summed E-state index contributed by atoms with van der Waals surface area (Å²) in [4.78, 5) is 0. The van der Waals surface area contributed by atoms with Crippen LogP contribution in [0.3, 0.4) is 0 Å². The van der Waals surface area contributed by atoms with Crippen LogP contribution in [0.5, 0.6) is 0 Å². The third kappa shape index (κ3) is 6.58. The topological polar surface area (TPSA) is 12.0 Å². The molecule has 1 rings (SSSR count). The second-order valence-corrected chi connectivity index (χ2v) is 4.75. The van der Waals surface area contributed by atoms with Gasteiger partial charge in [0.25, 0.3) is 0 Å². The Hall–Kier alpha value is -0.470. The van der Waals surface area contributed by atoms with Crippen molar-refractivity contribution in [3.63, 3.8) is 0 Å². The summed E-state index contributed by atoms with van der Waals surface area (Å²) in [5, 5.41) is 3.42. The van der Waals surface area contributed by atoms with Crippen LogP contribution in [-0.4, -0.2) is 18.8 Å². The molecule has 1 aromatic carbocycles. The Morgan fingerprint density at radius 1 is 1.13 bits per heavy atom. The van der Waals surface area contributed by atoms with E-state index in [2.05, 4.69) is 42.6 Å². The summed E-state index contributed by atoms with van der Waals surface area (Å²) in [6.45, 7) is 4.52. The minimum absolute atomic E-state index is 1.15. The number of nitrogens with one attached hydrogen (secondary N) is 1. The molecule has 0 atom stereocenters. The largest absolute Gasteiger partial charge is 0.317 e. The highest BCUT2D eigenvalue weighted by Crippen LogP contribution is 2.11. The Balaban J connectivity index is 1.93. The zero-order valence-electron chi connectivity index (χ0n) is 9.54. The summed E-state index contributed by atoms with van der Waals surface area (Å²) in [6.07, 6.45) is 2.51. The molecule has 2 heteroatoms. The molecule has 0 heterocycles. The van der Waals surface area contributed by atoms with E-state index >= 15 is 0 Å². The van der Waals surface area contributed by atoms with Gasteiger partial charge in [-0.05, 0) is 37.2 Å². The van der Waals surface area contributed by atoms with Gasteiger partial charge in [0.05, 0.1) is 0 Å². The molecule has 0 saturated carbocycles. The van der Waals surface area contributed by atoms with Crippen LogP contribution >= 0.6 is 11.8 Å². The summed E-state index contributed by atoms with van der Waals surface area (Å²) in [7, 11) is 0. The maximum atomic E-state index is 3.42. The molecule has 0 aliphatic heterocycles. The smallest absolute Gasteiger partial charge is 0.0184 e. The fraction of sp³-hybridized carbons (Fsp3) is 0.538. The Morgan fingerprint density at radius 2 is 1.93 bits per heavy atom. The van der Waals surface area contributed by atoms with E-state index in [9.17, 15) is 0 Å². The van der Waals surface area contributed by atoms with E-state index in [0.717, 1.165) is 18.8 Å². The molecule has 0 aromatic heterocycles. The average Bonchev–Trinajstić information content (AvgIpc) is 2.29. The molecule has 0 amide bonds. The van der Waals surface area contributed by atoms with E-state index in [1.165, 1.54) is 24.2 Å². The van der Waals surface area contributed by atoms with E-state index in [1.807, 2.05) is 11.8 Å². The molecule has 0 spiro atoms. The molecule has 84 valence electrons. The van der Waals surface area contributed by atoms with Crippen LogP contribution in [-0.2, 0) is 5.75 Å². The summed E-state index contributed by atoms with van der Waals surface area (Å²) in [6, 6.07) is 10.7. The van der Waals surface area contributed by atoms with Gasteiger partial charge in [-0.3, -0.25) is 0 Å². The number of hydrogen-bond donors (Lipinski definition) is 1. The van der Waals surface area contributed by atoms with Crippen molar-refractivity contribution in [2.45, 2.75) is 25.5 Å². The van der Waals surface area contributed by atoms with Gasteiger partial charge >= 0.3 is 0 Å². The lowest BCUT2D eigenvalue weighted by Crippen LogP contribution is -2.16. The number of hydrogen-bond acceptors (Lipinski definition) is 2. The number of rotatable bonds is 8. The second-order valence-electron chi connectivity index (χ2n) is 3.64. The highest BCUT2D eigenvalue weighted by atomic mass is 32.2. The van der Waals surface area contributed by atoms with Gasteiger partial charge in [0.15, 0.2) is 0 Å². The average molecular weight is 223 g/mol. The highest BCUT2D eigenvalue weighted by molar-refractivity contribution is 7.98. The van der Waals surface area contributed by atoms with Crippen LogP contribution in [0.15, 0.2) is 30.3 Å². The first-order chi connectivity index (χ1) is 7.43. The Morgan fingerprint density at radius 3 is 2.67 bits per heavy atom. The van der Waals surface area contributed by atoms with Crippen molar-refractivity contribution in [3.8, 4) is 0 Å². The first-order valence-corrected chi connectivity index (χ1v) is 6.91. The van der Waals surface area contributed by atoms with Crippen LogP contribution in [0.25, 0.3) is 0 Å². The van der Waals surface area contributed by atoms with Crippen molar-refractivity contribution >= 4 is 11.8 Å². The molecular weight excluding hydrogens is 202 g/mol.